The zero-order valence-corrected chi connectivity index (χ0v) is 15.6. The number of nitrogens with one attached hydrogen (secondary N) is 1. The minimum absolute atomic E-state index is 0.0157. The number of carbonyl (C=O) groups is 1. The lowest BCUT2D eigenvalue weighted by Gasteiger charge is -2.35. The first kappa shape index (κ1) is 18.2. The molecule has 1 aliphatic heterocycles. The molecule has 5 nitrogen and oxygen atoms in total. The Bertz CT molecular complexity index is 615. The van der Waals surface area contributed by atoms with E-state index in [9.17, 15) is 4.79 Å². The maximum absolute atomic E-state index is 12.3. The van der Waals surface area contributed by atoms with Crippen molar-refractivity contribution in [1.29, 1.82) is 0 Å². The summed E-state index contributed by atoms with van der Waals surface area (Å²) in [5.41, 5.74) is 3.84. The van der Waals surface area contributed by atoms with Crippen LogP contribution >= 0.6 is 0 Å². The molecule has 0 unspecified atom stereocenters. The number of hydrogen-bond donors (Lipinski definition) is 1. The number of carbonyl (C=O) groups excluding carboxylic acids is 1. The Labute approximate surface area is 150 Å². The van der Waals surface area contributed by atoms with Crippen LogP contribution in [0.15, 0.2) is 12.1 Å². The van der Waals surface area contributed by atoms with E-state index in [1.807, 2.05) is 0 Å². The summed E-state index contributed by atoms with van der Waals surface area (Å²) in [6.45, 7) is 7.35. The smallest absolute Gasteiger partial charge is 0.222 e. The lowest BCUT2D eigenvalue weighted by Crippen LogP contribution is -2.47. The molecule has 0 radical (unpaired) electrons. The van der Waals surface area contributed by atoms with Gasteiger partial charge in [0.2, 0.25) is 5.91 Å². The van der Waals surface area contributed by atoms with E-state index >= 15 is 0 Å². The number of fused-ring (bicyclic) bond motifs is 1. The molecule has 0 saturated carbocycles. The Hall–Kier alpha value is -1.59. The fourth-order valence-electron chi connectivity index (χ4n) is 3.79. The van der Waals surface area contributed by atoms with Crippen LogP contribution in [0.4, 0.5) is 0 Å². The van der Waals surface area contributed by atoms with Crippen molar-refractivity contribution in [2.75, 3.05) is 26.8 Å². The van der Waals surface area contributed by atoms with Crippen molar-refractivity contribution in [1.82, 2.24) is 10.2 Å². The quantitative estimate of drug-likeness (QED) is 0.859. The lowest BCUT2D eigenvalue weighted by atomic mass is 10.0. The van der Waals surface area contributed by atoms with E-state index in [0.29, 0.717) is 25.6 Å². The molecule has 2 aliphatic rings. The summed E-state index contributed by atoms with van der Waals surface area (Å²) < 4.78 is 11.3. The van der Waals surface area contributed by atoms with Gasteiger partial charge in [-0.2, -0.15) is 0 Å². The predicted molar refractivity (Wildman–Crippen MR) is 97.9 cm³/mol. The van der Waals surface area contributed by atoms with Gasteiger partial charge in [0.15, 0.2) is 0 Å². The summed E-state index contributed by atoms with van der Waals surface area (Å²) >= 11 is 0. The van der Waals surface area contributed by atoms with Gasteiger partial charge in [-0.25, -0.2) is 0 Å². The van der Waals surface area contributed by atoms with Gasteiger partial charge < -0.3 is 14.8 Å². The largest absolute Gasteiger partial charge is 0.496 e. The molecule has 138 valence electrons. The molecule has 1 atom stereocenters. The van der Waals surface area contributed by atoms with Crippen LogP contribution in [0.5, 0.6) is 5.75 Å². The van der Waals surface area contributed by atoms with Gasteiger partial charge in [0.1, 0.15) is 5.75 Å². The molecule has 1 aromatic rings. The molecule has 0 spiro atoms. The van der Waals surface area contributed by atoms with E-state index in [4.69, 9.17) is 9.47 Å². The fraction of sp³-hybridized carbons (Fsp3) is 0.650. The van der Waals surface area contributed by atoms with E-state index in [-0.39, 0.29) is 12.0 Å². The van der Waals surface area contributed by atoms with Crippen LogP contribution in [0.25, 0.3) is 0 Å². The molecule has 1 heterocycles. The highest BCUT2D eigenvalue weighted by Crippen LogP contribution is 2.29. The standard InChI is InChI=1S/C20H30N2O3/c1-14(2)22-7-8-25-18(13-22)11-20(23)21-12-17-9-15-5-4-6-16(15)10-19(17)24-3/h9-10,14,18H,4-8,11-13H2,1-3H3,(H,21,23)/t18-/m0/s1. The van der Waals surface area contributed by atoms with Crippen molar-refractivity contribution in [2.24, 2.45) is 0 Å². The van der Waals surface area contributed by atoms with E-state index in [0.717, 1.165) is 37.2 Å². The summed E-state index contributed by atoms with van der Waals surface area (Å²) in [6, 6.07) is 4.82. The normalized spacial score (nSPS) is 20.6. The Morgan fingerprint density at radius 3 is 2.84 bits per heavy atom. The van der Waals surface area contributed by atoms with Gasteiger partial charge in [0.05, 0.1) is 26.2 Å². The monoisotopic (exact) mass is 346 g/mol. The van der Waals surface area contributed by atoms with Crippen molar-refractivity contribution in [3.05, 3.63) is 28.8 Å². The van der Waals surface area contributed by atoms with Crippen molar-refractivity contribution < 1.29 is 14.3 Å². The third-order valence-corrected chi connectivity index (χ3v) is 5.28. The first-order valence-corrected chi connectivity index (χ1v) is 9.38. The van der Waals surface area contributed by atoms with Crippen LogP contribution in [0.1, 0.15) is 43.4 Å². The first-order chi connectivity index (χ1) is 12.1. The molecule has 1 aromatic carbocycles. The van der Waals surface area contributed by atoms with E-state index in [2.05, 4.69) is 36.2 Å². The average Bonchev–Trinajstić information content (AvgIpc) is 3.06. The Balaban J connectivity index is 1.54. The molecule has 1 amide bonds. The Morgan fingerprint density at radius 2 is 2.12 bits per heavy atom. The molecular weight excluding hydrogens is 316 g/mol. The molecule has 0 aromatic heterocycles. The SMILES string of the molecule is COc1cc2c(cc1CNC(=O)C[C@H]1CN(C(C)C)CCO1)CCC2. The minimum Gasteiger partial charge on any atom is -0.496 e. The molecule has 0 bridgehead atoms. The fourth-order valence-corrected chi connectivity index (χ4v) is 3.79. The number of rotatable bonds is 6. The second-order valence-electron chi connectivity index (χ2n) is 7.35. The highest BCUT2D eigenvalue weighted by atomic mass is 16.5. The summed E-state index contributed by atoms with van der Waals surface area (Å²) in [7, 11) is 1.69. The van der Waals surface area contributed by atoms with Crippen LogP contribution in [-0.4, -0.2) is 49.8 Å². The van der Waals surface area contributed by atoms with E-state index in [1.165, 1.54) is 17.5 Å². The molecule has 1 aliphatic carbocycles. The first-order valence-electron chi connectivity index (χ1n) is 9.38. The molecule has 1 N–H and O–H groups in total. The molecule has 5 heteroatoms. The highest BCUT2D eigenvalue weighted by Gasteiger charge is 2.24. The van der Waals surface area contributed by atoms with Crippen molar-refractivity contribution >= 4 is 5.91 Å². The average molecular weight is 346 g/mol. The number of benzene rings is 1. The number of morpholine rings is 1. The van der Waals surface area contributed by atoms with Gasteiger partial charge in [0.25, 0.3) is 0 Å². The van der Waals surface area contributed by atoms with Crippen molar-refractivity contribution in [3.63, 3.8) is 0 Å². The maximum Gasteiger partial charge on any atom is 0.222 e. The van der Waals surface area contributed by atoms with E-state index in [1.54, 1.807) is 7.11 Å². The second-order valence-corrected chi connectivity index (χ2v) is 7.35. The van der Waals surface area contributed by atoms with E-state index < -0.39 is 0 Å². The van der Waals surface area contributed by atoms with Gasteiger partial charge in [-0.15, -0.1) is 0 Å². The maximum atomic E-state index is 12.3. The number of ether oxygens (including phenoxy) is 2. The summed E-state index contributed by atoms with van der Waals surface area (Å²) in [5, 5.41) is 3.04. The molecular formula is C20H30N2O3. The Morgan fingerprint density at radius 1 is 1.36 bits per heavy atom. The third kappa shape index (κ3) is 4.53. The van der Waals surface area contributed by atoms with Crippen molar-refractivity contribution in [2.45, 2.75) is 58.2 Å². The zero-order chi connectivity index (χ0) is 17.8. The topological polar surface area (TPSA) is 50.8 Å². The highest BCUT2D eigenvalue weighted by molar-refractivity contribution is 5.76. The third-order valence-electron chi connectivity index (χ3n) is 5.28. The number of methoxy groups -OCH3 is 1. The summed E-state index contributed by atoms with van der Waals surface area (Å²) in [4.78, 5) is 14.7. The molecule has 1 fully saturated rings. The molecule has 25 heavy (non-hydrogen) atoms. The number of aryl methyl sites for hydroxylation is 2. The van der Waals surface area contributed by atoms with Gasteiger partial charge in [-0.05, 0) is 50.3 Å². The molecule has 1 saturated heterocycles. The van der Waals surface area contributed by atoms with Crippen LogP contribution in [0.2, 0.25) is 0 Å². The predicted octanol–water partition coefficient (Wildman–Crippen LogP) is 2.30. The van der Waals surface area contributed by atoms with Gasteiger partial charge in [-0.1, -0.05) is 6.07 Å². The number of nitrogens with zero attached hydrogens (tertiary/aromatic N) is 1. The molecule has 3 rings (SSSR count). The van der Waals surface area contributed by atoms with Crippen LogP contribution in [-0.2, 0) is 28.9 Å². The summed E-state index contributed by atoms with van der Waals surface area (Å²) in [6.07, 6.45) is 3.86. The van der Waals surface area contributed by atoms with Gasteiger partial charge >= 0.3 is 0 Å². The Kier molecular flexibility index (Phi) is 5.97. The lowest BCUT2D eigenvalue weighted by molar-refractivity contribution is -0.126. The van der Waals surface area contributed by atoms with Gasteiger partial charge in [-0.3, -0.25) is 9.69 Å². The van der Waals surface area contributed by atoms with Crippen LogP contribution < -0.4 is 10.1 Å². The number of hydrogen-bond acceptors (Lipinski definition) is 4. The van der Waals surface area contributed by atoms with Crippen molar-refractivity contribution in [3.8, 4) is 5.75 Å². The summed E-state index contributed by atoms with van der Waals surface area (Å²) in [5.74, 6) is 0.916. The zero-order valence-electron chi connectivity index (χ0n) is 15.6. The second kappa shape index (κ2) is 8.19. The van der Waals surface area contributed by atoms with Gasteiger partial charge in [0, 0.05) is 31.2 Å². The van der Waals surface area contributed by atoms with Crippen LogP contribution in [0, 0.1) is 0 Å². The number of amides is 1. The van der Waals surface area contributed by atoms with Crippen LogP contribution in [0.3, 0.4) is 0 Å². The minimum atomic E-state index is -0.0157.